The Morgan fingerprint density at radius 1 is 1.07 bits per heavy atom. The molecule has 3 aromatic heterocycles. The molecular formula is C29H24F3N5O5S2. The van der Waals surface area contributed by atoms with Crippen LogP contribution in [0, 0.1) is 17.5 Å². The highest BCUT2D eigenvalue weighted by molar-refractivity contribution is 7.92. The van der Waals surface area contributed by atoms with E-state index in [-0.39, 0.29) is 22.9 Å². The maximum Gasteiger partial charge on any atom is 0.413 e. The number of hydrogen-bond donors (Lipinski definition) is 2. The van der Waals surface area contributed by atoms with Crippen LogP contribution in [0.3, 0.4) is 0 Å². The number of rotatable bonds is 6. The van der Waals surface area contributed by atoms with Gasteiger partial charge in [-0.3, -0.25) is 14.8 Å². The average molecular weight is 644 g/mol. The molecule has 0 spiro atoms. The van der Waals surface area contributed by atoms with Crippen LogP contribution < -0.4 is 15.6 Å². The van der Waals surface area contributed by atoms with Crippen LogP contribution in [0.4, 0.5) is 29.5 Å². The van der Waals surface area contributed by atoms with Gasteiger partial charge < -0.3 is 9.30 Å². The van der Waals surface area contributed by atoms with E-state index < -0.39 is 60.9 Å². The Labute approximate surface area is 252 Å². The van der Waals surface area contributed by atoms with Crippen LogP contribution in [0.1, 0.15) is 39.7 Å². The van der Waals surface area contributed by atoms with Crippen molar-refractivity contribution in [3.63, 3.8) is 0 Å². The molecule has 1 saturated carbocycles. The molecule has 2 aromatic carbocycles. The quantitative estimate of drug-likeness (QED) is 0.214. The van der Waals surface area contributed by atoms with Crippen LogP contribution in [-0.4, -0.2) is 34.6 Å². The average Bonchev–Trinajstić information content (AvgIpc) is 3.65. The summed E-state index contributed by atoms with van der Waals surface area (Å²) in [7, 11) is -4.68. The Bertz CT molecular complexity index is 2160. The Morgan fingerprint density at radius 2 is 1.82 bits per heavy atom. The van der Waals surface area contributed by atoms with Crippen molar-refractivity contribution in [2.45, 2.75) is 50.2 Å². The Balaban J connectivity index is 1.42. The summed E-state index contributed by atoms with van der Waals surface area (Å²) in [6.45, 7) is 5.10. The lowest BCUT2D eigenvalue weighted by atomic mass is 10.0. The fourth-order valence-corrected chi connectivity index (χ4v) is 6.64. The van der Waals surface area contributed by atoms with E-state index in [2.05, 4.69) is 15.3 Å². The third kappa shape index (κ3) is 5.59. The summed E-state index contributed by atoms with van der Waals surface area (Å²) in [5, 5.41) is 2.85. The molecule has 0 saturated heterocycles. The van der Waals surface area contributed by atoms with Gasteiger partial charge in [0, 0.05) is 29.8 Å². The minimum atomic E-state index is -4.68. The number of fused-ring (bicyclic) bond motifs is 2. The molecule has 0 unspecified atom stereocenters. The second-order valence-electron chi connectivity index (χ2n) is 11.2. The number of carbonyl (C=O) groups excluding carboxylic acids is 1. The molecule has 0 aliphatic heterocycles. The van der Waals surface area contributed by atoms with E-state index in [1.807, 2.05) is 4.72 Å². The molecule has 0 radical (unpaired) electrons. The zero-order valence-electron chi connectivity index (χ0n) is 23.4. The molecule has 10 nitrogen and oxygen atoms in total. The van der Waals surface area contributed by atoms with Gasteiger partial charge in [-0.1, -0.05) is 0 Å². The number of thiazole rings is 1. The molecule has 1 fully saturated rings. The minimum Gasteiger partial charge on any atom is -0.444 e. The first-order valence-corrected chi connectivity index (χ1v) is 15.7. The van der Waals surface area contributed by atoms with Crippen molar-refractivity contribution < 1.29 is 31.1 Å². The van der Waals surface area contributed by atoms with Crippen LogP contribution in [-0.2, 0) is 14.8 Å². The number of ether oxygens (including phenoxy) is 1. The first-order valence-electron chi connectivity index (χ1n) is 13.3. The predicted molar refractivity (Wildman–Crippen MR) is 160 cm³/mol. The number of nitrogens with zero attached hydrogens (tertiary/aromatic N) is 3. The van der Waals surface area contributed by atoms with Crippen molar-refractivity contribution in [1.29, 1.82) is 0 Å². The number of hydrogen-bond acceptors (Lipinski definition) is 8. The number of anilines is 2. The predicted octanol–water partition coefficient (Wildman–Crippen LogP) is 6.57. The van der Waals surface area contributed by atoms with Gasteiger partial charge in [0.25, 0.3) is 15.6 Å². The van der Waals surface area contributed by atoms with Crippen molar-refractivity contribution in [3.05, 3.63) is 75.9 Å². The lowest BCUT2D eigenvalue weighted by molar-refractivity contribution is 0.0635. The molecule has 1 aliphatic carbocycles. The summed E-state index contributed by atoms with van der Waals surface area (Å²) in [5.74, 6) is -3.47. The SMILES string of the molecule is CC(C)(C)OC(=O)Nc1cc2c(cn1)cc(-c1c(F)ccc(NS(=O)(=O)c3cc4scnc4cc3F)c1F)c(=O)n2C1CC1. The van der Waals surface area contributed by atoms with E-state index >= 15 is 8.78 Å². The molecule has 3 heterocycles. The van der Waals surface area contributed by atoms with Crippen molar-refractivity contribution in [2.24, 2.45) is 0 Å². The van der Waals surface area contributed by atoms with E-state index in [1.54, 1.807) is 20.8 Å². The molecule has 15 heteroatoms. The number of nitrogens with one attached hydrogen (secondary N) is 2. The van der Waals surface area contributed by atoms with Crippen molar-refractivity contribution in [2.75, 3.05) is 10.0 Å². The second kappa shape index (κ2) is 10.6. The van der Waals surface area contributed by atoms with Gasteiger partial charge in [0.2, 0.25) is 0 Å². The highest BCUT2D eigenvalue weighted by atomic mass is 32.2. The first kappa shape index (κ1) is 29.6. The van der Waals surface area contributed by atoms with Gasteiger partial charge >= 0.3 is 6.09 Å². The van der Waals surface area contributed by atoms with E-state index in [9.17, 15) is 22.4 Å². The molecule has 5 aromatic rings. The molecule has 228 valence electrons. The fourth-order valence-electron chi connectivity index (χ4n) is 4.73. The summed E-state index contributed by atoms with van der Waals surface area (Å²) in [6, 6.07) is 6.14. The Morgan fingerprint density at radius 3 is 2.52 bits per heavy atom. The number of amides is 1. The first-order chi connectivity index (χ1) is 20.7. The van der Waals surface area contributed by atoms with E-state index in [0.717, 1.165) is 35.6 Å². The van der Waals surface area contributed by atoms with Crippen LogP contribution >= 0.6 is 11.3 Å². The van der Waals surface area contributed by atoms with Gasteiger partial charge in [0.15, 0.2) is 5.82 Å². The molecule has 6 rings (SSSR count). The fraction of sp³-hybridized carbons (Fsp3) is 0.241. The molecule has 2 N–H and O–H groups in total. The number of aromatic nitrogens is 3. The number of pyridine rings is 2. The van der Waals surface area contributed by atoms with Gasteiger partial charge in [-0.15, -0.1) is 11.3 Å². The third-order valence-corrected chi connectivity index (χ3v) is 8.91. The number of carbonyl (C=O) groups is 1. The second-order valence-corrected chi connectivity index (χ2v) is 13.7. The maximum absolute atomic E-state index is 15.9. The van der Waals surface area contributed by atoms with Crippen LogP contribution in [0.25, 0.3) is 32.2 Å². The molecular weight excluding hydrogens is 619 g/mol. The van der Waals surface area contributed by atoms with Crippen molar-refractivity contribution in [3.8, 4) is 11.1 Å². The third-order valence-electron chi connectivity index (χ3n) is 6.74. The monoisotopic (exact) mass is 643 g/mol. The summed E-state index contributed by atoms with van der Waals surface area (Å²) in [4.78, 5) is 33.4. The topological polar surface area (TPSA) is 132 Å². The standard InChI is InChI=1S/C29H24F3N5O5S2/c1-29(2,3)42-28(39)35-24-10-21-14(12-33-24)8-16(27(38)37(21)15-4-5-15)25-17(30)6-7-19(26(25)32)36-44(40,41)23-11-22-20(9-18(23)31)34-13-43-22/h6-13,15,36H,4-5H2,1-3H3,(H,33,35,39). The zero-order valence-corrected chi connectivity index (χ0v) is 25.1. The highest BCUT2D eigenvalue weighted by Gasteiger charge is 2.30. The highest BCUT2D eigenvalue weighted by Crippen LogP contribution is 2.38. The summed E-state index contributed by atoms with van der Waals surface area (Å²) >= 11 is 1.09. The van der Waals surface area contributed by atoms with E-state index in [0.29, 0.717) is 28.4 Å². The molecule has 0 bridgehead atoms. The number of sulfonamides is 1. The smallest absolute Gasteiger partial charge is 0.413 e. The Hall–Kier alpha value is -4.50. The maximum atomic E-state index is 15.9. The van der Waals surface area contributed by atoms with Gasteiger partial charge in [-0.05, 0) is 57.9 Å². The normalized spacial score (nSPS) is 13.8. The molecule has 44 heavy (non-hydrogen) atoms. The largest absolute Gasteiger partial charge is 0.444 e. The van der Waals surface area contributed by atoms with Crippen molar-refractivity contribution >= 4 is 60.1 Å². The minimum absolute atomic E-state index is 0.103. The molecule has 1 amide bonds. The zero-order chi connectivity index (χ0) is 31.6. The van der Waals surface area contributed by atoms with E-state index in [1.165, 1.54) is 28.4 Å². The van der Waals surface area contributed by atoms with Gasteiger partial charge in [0.05, 0.1) is 38.1 Å². The molecule has 1 aliphatic rings. The lowest BCUT2D eigenvalue weighted by Crippen LogP contribution is -2.27. The Kier molecular flexibility index (Phi) is 7.12. The summed E-state index contributed by atoms with van der Waals surface area (Å²) < 4.78 is 81.1. The van der Waals surface area contributed by atoms with Crippen LogP contribution in [0.2, 0.25) is 0 Å². The molecule has 0 atom stereocenters. The van der Waals surface area contributed by atoms with Gasteiger partial charge in [0.1, 0.15) is 27.9 Å². The van der Waals surface area contributed by atoms with E-state index in [4.69, 9.17) is 4.74 Å². The van der Waals surface area contributed by atoms with Crippen LogP contribution in [0.15, 0.2) is 57.8 Å². The van der Waals surface area contributed by atoms with Crippen molar-refractivity contribution in [1.82, 2.24) is 14.5 Å². The van der Waals surface area contributed by atoms with Crippen LogP contribution in [0.5, 0.6) is 0 Å². The number of benzene rings is 2. The number of halogens is 3. The summed E-state index contributed by atoms with van der Waals surface area (Å²) in [6.07, 6.45) is 1.85. The van der Waals surface area contributed by atoms with Gasteiger partial charge in [-0.25, -0.2) is 36.4 Å². The summed E-state index contributed by atoms with van der Waals surface area (Å²) in [5.41, 5.74) is -1.25. The lowest BCUT2D eigenvalue weighted by Gasteiger charge is -2.20. The van der Waals surface area contributed by atoms with Gasteiger partial charge in [-0.2, -0.15) is 0 Å².